The maximum Gasteiger partial charge on any atom is 0.138 e. The highest BCUT2D eigenvalue weighted by Crippen LogP contribution is 2.12. The van der Waals surface area contributed by atoms with Crippen molar-refractivity contribution >= 4 is 11.8 Å². The molecule has 4 heteroatoms. The van der Waals surface area contributed by atoms with Crippen LogP contribution in [0.4, 0.5) is 0 Å². The van der Waals surface area contributed by atoms with Crippen LogP contribution in [0.1, 0.15) is 39.2 Å². The van der Waals surface area contributed by atoms with Crippen LogP contribution < -0.4 is 5.32 Å². The van der Waals surface area contributed by atoms with Crippen LogP contribution in [-0.2, 0) is 12.3 Å². The molecule has 0 saturated heterocycles. The van der Waals surface area contributed by atoms with Crippen LogP contribution in [0.5, 0.6) is 0 Å². The largest absolute Gasteiger partial charge is 0.311 e. The predicted octanol–water partition coefficient (Wildman–Crippen LogP) is 3.11. The summed E-state index contributed by atoms with van der Waals surface area (Å²) >= 11 is 1.91. The molecule has 1 aromatic rings. The van der Waals surface area contributed by atoms with E-state index in [9.17, 15) is 0 Å². The lowest BCUT2D eigenvalue weighted by molar-refractivity contribution is 0.547. The van der Waals surface area contributed by atoms with E-state index in [0.29, 0.717) is 5.92 Å². The molecule has 0 unspecified atom stereocenters. The zero-order valence-electron chi connectivity index (χ0n) is 11.9. The zero-order chi connectivity index (χ0) is 13.4. The lowest BCUT2D eigenvalue weighted by Crippen LogP contribution is -2.20. The van der Waals surface area contributed by atoms with Gasteiger partial charge in [-0.05, 0) is 30.2 Å². The molecule has 102 valence electrons. The molecule has 18 heavy (non-hydrogen) atoms. The topological polar surface area (TPSA) is 37.8 Å². The molecule has 3 nitrogen and oxygen atoms in total. The van der Waals surface area contributed by atoms with Gasteiger partial charge < -0.3 is 5.32 Å². The lowest BCUT2D eigenvalue weighted by Gasteiger charge is -2.08. The van der Waals surface area contributed by atoms with Crippen molar-refractivity contribution in [3.05, 3.63) is 23.8 Å². The SMILES string of the molecule is CC(C)CNCc1ccnc(CSCC(C)C)n1. The molecule has 0 atom stereocenters. The Kier molecular flexibility index (Phi) is 7.28. The van der Waals surface area contributed by atoms with Gasteiger partial charge in [0.05, 0.1) is 11.4 Å². The Hall–Kier alpha value is -0.610. The number of thioether (sulfide) groups is 1. The molecule has 0 aliphatic rings. The molecule has 1 N–H and O–H groups in total. The van der Waals surface area contributed by atoms with Gasteiger partial charge in [0.15, 0.2) is 0 Å². The van der Waals surface area contributed by atoms with E-state index in [1.54, 1.807) is 0 Å². The van der Waals surface area contributed by atoms with Crippen LogP contribution in [0.15, 0.2) is 12.3 Å². The summed E-state index contributed by atoms with van der Waals surface area (Å²) in [6.07, 6.45) is 1.87. The molecule has 0 radical (unpaired) electrons. The Labute approximate surface area is 115 Å². The number of hydrogen-bond acceptors (Lipinski definition) is 4. The summed E-state index contributed by atoms with van der Waals surface area (Å²) in [6.45, 7) is 10.8. The van der Waals surface area contributed by atoms with Crippen LogP contribution in [0.3, 0.4) is 0 Å². The van der Waals surface area contributed by atoms with E-state index in [1.807, 2.05) is 24.0 Å². The highest BCUT2D eigenvalue weighted by atomic mass is 32.2. The quantitative estimate of drug-likeness (QED) is 0.785. The smallest absolute Gasteiger partial charge is 0.138 e. The maximum absolute atomic E-state index is 4.57. The molecule has 0 amide bonds. The van der Waals surface area contributed by atoms with E-state index >= 15 is 0 Å². The van der Waals surface area contributed by atoms with Crippen molar-refractivity contribution in [2.24, 2.45) is 11.8 Å². The monoisotopic (exact) mass is 267 g/mol. The van der Waals surface area contributed by atoms with Gasteiger partial charge in [0.25, 0.3) is 0 Å². The fourth-order valence-electron chi connectivity index (χ4n) is 1.48. The van der Waals surface area contributed by atoms with E-state index in [2.05, 4.69) is 43.0 Å². The first kappa shape index (κ1) is 15.4. The third-order valence-corrected chi connectivity index (χ3v) is 3.67. The van der Waals surface area contributed by atoms with Crippen molar-refractivity contribution in [1.29, 1.82) is 0 Å². The summed E-state index contributed by atoms with van der Waals surface area (Å²) in [5, 5.41) is 3.41. The van der Waals surface area contributed by atoms with Crippen molar-refractivity contribution in [3.8, 4) is 0 Å². The van der Waals surface area contributed by atoms with Gasteiger partial charge in [-0.25, -0.2) is 9.97 Å². The average molecular weight is 267 g/mol. The summed E-state index contributed by atoms with van der Waals surface area (Å²) in [5.74, 6) is 4.43. The molecule has 0 saturated carbocycles. The summed E-state index contributed by atoms with van der Waals surface area (Å²) in [7, 11) is 0. The molecule has 0 aliphatic carbocycles. The van der Waals surface area contributed by atoms with E-state index in [4.69, 9.17) is 0 Å². The number of hydrogen-bond donors (Lipinski definition) is 1. The Morgan fingerprint density at radius 1 is 1.22 bits per heavy atom. The first-order valence-electron chi connectivity index (χ1n) is 6.67. The Balaban J connectivity index is 2.36. The lowest BCUT2D eigenvalue weighted by atomic mass is 10.2. The molecule has 0 aromatic carbocycles. The third-order valence-electron chi connectivity index (χ3n) is 2.30. The summed E-state index contributed by atoms with van der Waals surface area (Å²) in [4.78, 5) is 8.89. The molecule has 0 bridgehead atoms. The second-order valence-corrected chi connectivity index (χ2v) is 6.43. The van der Waals surface area contributed by atoms with Gasteiger partial charge >= 0.3 is 0 Å². The Morgan fingerprint density at radius 2 is 2.00 bits per heavy atom. The fourth-order valence-corrected chi connectivity index (χ4v) is 2.39. The number of aromatic nitrogens is 2. The first-order chi connectivity index (χ1) is 8.58. The van der Waals surface area contributed by atoms with Crippen molar-refractivity contribution in [2.75, 3.05) is 12.3 Å². The standard InChI is InChI=1S/C14H25N3S/c1-11(2)7-15-8-13-5-6-16-14(17-13)10-18-9-12(3)4/h5-6,11-12,15H,7-10H2,1-4H3. The third kappa shape index (κ3) is 6.97. The molecule has 1 heterocycles. The first-order valence-corrected chi connectivity index (χ1v) is 7.82. The molecule has 1 rings (SSSR count). The minimum Gasteiger partial charge on any atom is -0.311 e. The van der Waals surface area contributed by atoms with Gasteiger partial charge in [-0.2, -0.15) is 11.8 Å². The van der Waals surface area contributed by atoms with Gasteiger partial charge in [0.1, 0.15) is 5.82 Å². The molecule has 0 spiro atoms. The fraction of sp³-hybridized carbons (Fsp3) is 0.714. The Bertz CT molecular complexity index is 310. The second kappa shape index (κ2) is 8.48. The van der Waals surface area contributed by atoms with Gasteiger partial charge in [-0.3, -0.25) is 0 Å². The number of rotatable bonds is 8. The molecule has 1 aromatic heterocycles. The molecule has 0 fully saturated rings. The van der Waals surface area contributed by atoms with Crippen LogP contribution in [0.2, 0.25) is 0 Å². The van der Waals surface area contributed by atoms with Crippen molar-refractivity contribution in [3.63, 3.8) is 0 Å². The maximum atomic E-state index is 4.57. The molecular weight excluding hydrogens is 242 g/mol. The summed E-state index contributed by atoms with van der Waals surface area (Å²) in [6, 6.07) is 1.99. The van der Waals surface area contributed by atoms with Gasteiger partial charge in [0, 0.05) is 12.7 Å². The number of nitrogens with one attached hydrogen (secondary N) is 1. The summed E-state index contributed by atoms with van der Waals surface area (Å²) in [5.41, 5.74) is 1.09. The van der Waals surface area contributed by atoms with Crippen LogP contribution >= 0.6 is 11.8 Å². The van der Waals surface area contributed by atoms with E-state index in [-0.39, 0.29) is 0 Å². The number of nitrogens with zero attached hydrogens (tertiary/aromatic N) is 2. The van der Waals surface area contributed by atoms with Crippen molar-refractivity contribution in [1.82, 2.24) is 15.3 Å². The minimum absolute atomic E-state index is 0.674. The highest BCUT2D eigenvalue weighted by molar-refractivity contribution is 7.98. The minimum atomic E-state index is 0.674. The second-order valence-electron chi connectivity index (χ2n) is 5.40. The Morgan fingerprint density at radius 3 is 2.67 bits per heavy atom. The van der Waals surface area contributed by atoms with Gasteiger partial charge in [-0.15, -0.1) is 0 Å². The van der Waals surface area contributed by atoms with Gasteiger partial charge in [-0.1, -0.05) is 27.7 Å². The van der Waals surface area contributed by atoms with E-state index < -0.39 is 0 Å². The van der Waals surface area contributed by atoms with Crippen molar-refractivity contribution in [2.45, 2.75) is 40.0 Å². The predicted molar refractivity (Wildman–Crippen MR) is 79.6 cm³/mol. The normalized spacial score (nSPS) is 11.4. The van der Waals surface area contributed by atoms with Gasteiger partial charge in [0.2, 0.25) is 0 Å². The molecular formula is C14H25N3S. The average Bonchev–Trinajstić information content (AvgIpc) is 2.28. The highest BCUT2D eigenvalue weighted by Gasteiger charge is 2.01. The van der Waals surface area contributed by atoms with Crippen LogP contribution in [-0.4, -0.2) is 22.3 Å². The van der Waals surface area contributed by atoms with Crippen molar-refractivity contribution < 1.29 is 0 Å². The van der Waals surface area contributed by atoms with Crippen LogP contribution in [0.25, 0.3) is 0 Å². The summed E-state index contributed by atoms with van der Waals surface area (Å²) < 4.78 is 0. The van der Waals surface area contributed by atoms with E-state index in [1.165, 1.54) is 5.75 Å². The van der Waals surface area contributed by atoms with Crippen LogP contribution in [0, 0.1) is 11.8 Å². The molecule has 0 aliphatic heterocycles. The zero-order valence-corrected chi connectivity index (χ0v) is 12.8. The van der Waals surface area contributed by atoms with E-state index in [0.717, 1.165) is 36.3 Å².